The molecular formula is C24H30N2O4. The van der Waals surface area contributed by atoms with Crippen molar-refractivity contribution in [2.75, 3.05) is 39.9 Å². The maximum absolute atomic E-state index is 13.1. The van der Waals surface area contributed by atoms with E-state index in [9.17, 15) is 9.59 Å². The number of carbonyl (C=O) groups excluding carboxylic acids is 2. The minimum atomic E-state index is -0.0667. The highest BCUT2D eigenvalue weighted by Crippen LogP contribution is 2.31. The fourth-order valence-electron chi connectivity index (χ4n) is 3.68. The number of piperazine rings is 1. The van der Waals surface area contributed by atoms with Crippen LogP contribution in [0.5, 0.6) is 11.5 Å². The summed E-state index contributed by atoms with van der Waals surface area (Å²) in [7, 11) is 1.60. The summed E-state index contributed by atoms with van der Waals surface area (Å²) in [6.45, 7) is 8.11. The summed E-state index contributed by atoms with van der Waals surface area (Å²) in [5, 5.41) is 0. The molecule has 1 fully saturated rings. The van der Waals surface area contributed by atoms with Crippen molar-refractivity contribution in [1.29, 1.82) is 0 Å². The molecule has 2 aromatic carbocycles. The van der Waals surface area contributed by atoms with Gasteiger partial charge in [0.1, 0.15) is 11.5 Å². The molecular weight excluding hydrogens is 380 g/mol. The van der Waals surface area contributed by atoms with Gasteiger partial charge in [-0.05, 0) is 42.2 Å². The van der Waals surface area contributed by atoms with Gasteiger partial charge in [-0.3, -0.25) is 9.59 Å². The third-order valence-electron chi connectivity index (χ3n) is 5.37. The topological polar surface area (TPSA) is 59.1 Å². The molecule has 6 heteroatoms. The number of para-hydroxylation sites is 1. The molecule has 0 spiro atoms. The fraction of sp³-hybridized carbons (Fsp3) is 0.417. The van der Waals surface area contributed by atoms with Gasteiger partial charge in [-0.25, -0.2) is 0 Å². The quantitative estimate of drug-likeness (QED) is 0.732. The van der Waals surface area contributed by atoms with E-state index >= 15 is 0 Å². The molecule has 1 saturated heterocycles. The maximum atomic E-state index is 13.1. The molecule has 30 heavy (non-hydrogen) atoms. The van der Waals surface area contributed by atoms with E-state index in [1.165, 1.54) is 0 Å². The van der Waals surface area contributed by atoms with Crippen LogP contribution in [-0.2, 0) is 4.79 Å². The number of carbonyl (C=O) groups is 2. The number of nitrogens with zero attached hydrogens (tertiary/aromatic N) is 2. The second-order valence-corrected chi connectivity index (χ2v) is 7.86. The van der Waals surface area contributed by atoms with E-state index < -0.39 is 0 Å². The molecule has 0 atom stereocenters. The predicted molar refractivity (Wildman–Crippen MR) is 116 cm³/mol. The third kappa shape index (κ3) is 4.93. The molecule has 160 valence electrons. The van der Waals surface area contributed by atoms with E-state index in [1.807, 2.05) is 43.3 Å². The van der Waals surface area contributed by atoms with Gasteiger partial charge in [0.25, 0.3) is 11.8 Å². The second kappa shape index (κ2) is 9.65. The first-order chi connectivity index (χ1) is 14.4. The van der Waals surface area contributed by atoms with Crippen LogP contribution in [0.15, 0.2) is 42.5 Å². The Hall–Kier alpha value is -3.02. The Labute approximate surface area is 178 Å². The molecule has 1 heterocycles. The Morgan fingerprint density at radius 3 is 2.30 bits per heavy atom. The van der Waals surface area contributed by atoms with Gasteiger partial charge < -0.3 is 19.3 Å². The highest BCUT2D eigenvalue weighted by Gasteiger charge is 2.27. The SMILES string of the molecule is COc1c(C(=O)N2CCN(C(=O)COc3cccc(C)c3)CC2)cccc1C(C)C. The molecule has 0 aromatic heterocycles. The first-order valence-corrected chi connectivity index (χ1v) is 10.3. The second-order valence-electron chi connectivity index (χ2n) is 7.86. The van der Waals surface area contributed by atoms with Gasteiger partial charge in [0.05, 0.1) is 12.7 Å². The molecule has 0 radical (unpaired) electrons. The van der Waals surface area contributed by atoms with Crippen LogP contribution in [0.3, 0.4) is 0 Å². The predicted octanol–water partition coefficient (Wildman–Crippen LogP) is 3.49. The van der Waals surface area contributed by atoms with Crippen LogP contribution in [-0.4, -0.2) is 61.5 Å². The summed E-state index contributed by atoms with van der Waals surface area (Å²) in [6, 6.07) is 13.3. The molecule has 0 aliphatic carbocycles. The molecule has 2 amide bonds. The number of methoxy groups -OCH3 is 1. The van der Waals surface area contributed by atoms with Crippen molar-refractivity contribution in [2.24, 2.45) is 0 Å². The van der Waals surface area contributed by atoms with Crippen molar-refractivity contribution >= 4 is 11.8 Å². The van der Waals surface area contributed by atoms with Gasteiger partial charge in [-0.2, -0.15) is 0 Å². The van der Waals surface area contributed by atoms with Gasteiger partial charge in [0, 0.05) is 26.2 Å². The first kappa shape index (κ1) is 21.7. The normalized spacial score (nSPS) is 14.0. The van der Waals surface area contributed by atoms with E-state index in [2.05, 4.69) is 13.8 Å². The molecule has 0 bridgehead atoms. The summed E-state index contributed by atoms with van der Waals surface area (Å²) >= 11 is 0. The summed E-state index contributed by atoms with van der Waals surface area (Å²) in [6.07, 6.45) is 0. The van der Waals surface area contributed by atoms with Crippen LogP contribution in [0.4, 0.5) is 0 Å². The van der Waals surface area contributed by atoms with Crippen molar-refractivity contribution in [3.63, 3.8) is 0 Å². The number of hydrogen-bond donors (Lipinski definition) is 0. The first-order valence-electron chi connectivity index (χ1n) is 10.3. The minimum Gasteiger partial charge on any atom is -0.496 e. The Morgan fingerprint density at radius 1 is 1.00 bits per heavy atom. The van der Waals surface area contributed by atoms with Gasteiger partial charge in [-0.1, -0.05) is 38.1 Å². The van der Waals surface area contributed by atoms with Crippen LogP contribution in [0.1, 0.15) is 41.3 Å². The van der Waals surface area contributed by atoms with Crippen molar-refractivity contribution in [2.45, 2.75) is 26.7 Å². The Bertz CT molecular complexity index is 902. The standard InChI is InChI=1S/C24H30N2O4/c1-17(2)20-9-6-10-21(23(20)29-4)24(28)26-13-11-25(12-14-26)22(27)16-30-19-8-5-7-18(3)15-19/h5-10,15,17H,11-14,16H2,1-4H3. The highest BCUT2D eigenvalue weighted by molar-refractivity contribution is 5.97. The molecule has 3 rings (SSSR count). The molecule has 1 aliphatic rings. The van der Waals surface area contributed by atoms with Crippen molar-refractivity contribution < 1.29 is 19.1 Å². The monoisotopic (exact) mass is 410 g/mol. The van der Waals surface area contributed by atoms with Crippen LogP contribution >= 0.6 is 0 Å². The zero-order valence-electron chi connectivity index (χ0n) is 18.2. The highest BCUT2D eigenvalue weighted by atomic mass is 16.5. The molecule has 0 saturated carbocycles. The molecule has 6 nitrogen and oxygen atoms in total. The third-order valence-corrected chi connectivity index (χ3v) is 5.37. The van der Waals surface area contributed by atoms with Crippen molar-refractivity contribution in [1.82, 2.24) is 9.80 Å². The van der Waals surface area contributed by atoms with E-state index in [1.54, 1.807) is 23.0 Å². The fourth-order valence-corrected chi connectivity index (χ4v) is 3.68. The average molecular weight is 411 g/mol. The molecule has 1 aliphatic heterocycles. The lowest BCUT2D eigenvalue weighted by Gasteiger charge is -2.35. The summed E-state index contributed by atoms with van der Waals surface area (Å²) < 4.78 is 11.2. The van der Waals surface area contributed by atoms with E-state index in [0.29, 0.717) is 43.2 Å². The van der Waals surface area contributed by atoms with E-state index in [4.69, 9.17) is 9.47 Å². The van der Waals surface area contributed by atoms with Crippen molar-refractivity contribution in [3.05, 3.63) is 59.2 Å². The van der Waals surface area contributed by atoms with Crippen LogP contribution in [0.2, 0.25) is 0 Å². The van der Waals surface area contributed by atoms with Gasteiger partial charge >= 0.3 is 0 Å². The molecule has 0 unspecified atom stereocenters. The Kier molecular flexibility index (Phi) is 6.98. The lowest BCUT2D eigenvalue weighted by Crippen LogP contribution is -2.51. The number of amides is 2. The van der Waals surface area contributed by atoms with Crippen LogP contribution in [0.25, 0.3) is 0 Å². The number of aryl methyl sites for hydroxylation is 1. The zero-order chi connectivity index (χ0) is 21.7. The Balaban J connectivity index is 1.58. The molecule has 0 N–H and O–H groups in total. The molecule has 2 aromatic rings. The summed E-state index contributed by atoms with van der Waals surface area (Å²) in [5.74, 6) is 1.47. The average Bonchev–Trinajstić information content (AvgIpc) is 2.76. The lowest BCUT2D eigenvalue weighted by atomic mass is 9.98. The van der Waals surface area contributed by atoms with Crippen molar-refractivity contribution in [3.8, 4) is 11.5 Å². The van der Waals surface area contributed by atoms with Gasteiger partial charge in [0.15, 0.2) is 6.61 Å². The number of rotatable bonds is 6. The minimum absolute atomic E-state index is 0.00164. The van der Waals surface area contributed by atoms with Crippen LogP contribution in [0, 0.1) is 6.92 Å². The van der Waals surface area contributed by atoms with Gasteiger partial charge in [0.2, 0.25) is 0 Å². The number of hydrogen-bond acceptors (Lipinski definition) is 4. The maximum Gasteiger partial charge on any atom is 0.260 e. The summed E-state index contributed by atoms with van der Waals surface area (Å²) in [5.41, 5.74) is 2.68. The zero-order valence-corrected chi connectivity index (χ0v) is 18.2. The summed E-state index contributed by atoms with van der Waals surface area (Å²) in [4.78, 5) is 29.1. The van der Waals surface area contributed by atoms with E-state index in [0.717, 1.165) is 11.1 Å². The lowest BCUT2D eigenvalue weighted by molar-refractivity contribution is -0.134. The Morgan fingerprint density at radius 2 is 1.67 bits per heavy atom. The van der Waals surface area contributed by atoms with Crippen LogP contribution < -0.4 is 9.47 Å². The van der Waals surface area contributed by atoms with Gasteiger partial charge in [-0.15, -0.1) is 0 Å². The van der Waals surface area contributed by atoms with E-state index in [-0.39, 0.29) is 24.3 Å². The largest absolute Gasteiger partial charge is 0.496 e. The smallest absolute Gasteiger partial charge is 0.260 e. The number of ether oxygens (including phenoxy) is 2. The number of benzene rings is 2.